The molecule has 0 radical (unpaired) electrons. The van der Waals surface area contributed by atoms with E-state index in [1.54, 1.807) is 0 Å². The number of amides is 1. The highest BCUT2D eigenvalue weighted by Gasteiger charge is 2.30. The Morgan fingerprint density at radius 2 is 2.05 bits per heavy atom. The number of nitrogens with zero attached hydrogens (tertiary/aromatic N) is 1. The van der Waals surface area contributed by atoms with Crippen LogP contribution in [0.15, 0.2) is 24.3 Å². The summed E-state index contributed by atoms with van der Waals surface area (Å²) in [5.41, 5.74) is 1.49. The Morgan fingerprint density at radius 3 is 2.75 bits per heavy atom. The Labute approximate surface area is 121 Å². The van der Waals surface area contributed by atoms with Crippen molar-refractivity contribution >= 4 is 17.4 Å². The number of unbranched alkanes of at least 4 members (excludes halogenated alkanes) is 1. The maximum absolute atomic E-state index is 12.7. The number of hydrogen-bond donors (Lipinski definition) is 0. The molecule has 1 amide bonds. The molecular weight excluding hydrogens is 250 g/mol. The normalized spacial score (nSPS) is 15.9. The number of carbonyl (C=O) groups is 2. The summed E-state index contributed by atoms with van der Waals surface area (Å²) < 4.78 is 0. The van der Waals surface area contributed by atoms with E-state index in [2.05, 4.69) is 13.8 Å². The van der Waals surface area contributed by atoms with Crippen molar-refractivity contribution in [1.29, 1.82) is 0 Å². The van der Waals surface area contributed by atoms with E-state index in [9.17, 15) is 9.59 Å². The van der Waals surface area contributed by atoms with Crippen LogP contribution in [0.25, 0.3) is 0 Å². The third-order valence-corrected chi connectivity index (χ3v) is 4.07. The van der Waals surface area contributed by atoms with Crippen LogP contribution < -0.4 is 4.90 Å². The van der Waals surface area contributed by atoms with Crippen LogP contribution in [0.3, 0.4) is 0 Å². The molecule has 0 aliphatic carbocycles. The monoisotopic (exact) mass is 273 g/mol. The maximum atomic E-state index is 12.7. The molecule has 1 aromatic carbocycles. The van der Waals surface area contributed by atoms with Gasteiger partial charge in [0.1, 0.15) is 0 Å². The predicted octanol–water partition coefficient (Wildman–Crippen LogP) is 3.82. The van der Waals surface area contributed by atoms with E-state index in [1.165, 1.54) is 0 Å². The van der Waals surface area contributed by atoms with Crippen molar-refractivity contribution in [3.05, 3.63) is 29.8 Å². The molecule has 0 fully saturated rings. The van der Waals surface area contributed by atoms with Gasteiger partial charge in [0, 0.05) is 24.4 Å². The first-order valence-electron chi connectivity index (χ1n) is 7.62. The van der Waals surface area contributed by atoms with Gasteiger partial charge < -0.3 is 4.90 Å². The van der Waals surface area contributed by atoms with Crippen LogP contribution in [0.1, 0.15) is 56.3 Å². The highest BCUT2D eigenvalue weighted by molar-refractivity contribution is 6.09. The second-order valence-corrected chi connectivity index (χ2v) is 5.43. The first kappa shape index (κ1) is 14.8. The lowest BCUT2D eigenvalue weighted by Gasteiger charge is -2.31. The molecule has 0 aromatic heterocycles. The molecule has 0 bridgehead atoms. The number of para-hydroxylation sites is 1. The molecular formula is C17H23NO2. The van der Waals surface area contributed by atoms with Crippen LogP contribution in [-0.4, -0.2) is 18.2 Å². The van der Waals surface area contributed by atoms with Crippen molar-refractivity contribution in [3.63, 3.8) is 0 Å². The van der Waals surface area contributed by atoms with Crippen molar-refractivity contribution in [1.82, 2.24) is 0 Å². The lowest BCUT2D eigenvalue weighted by molar-refractivity contribution is -0.122. The van der Waals surface area contributed by atoms with Crippen LogP contribution in [0.5, 0.6) is 0 Å². The van der Waals surface area contributed by atoms with Gasteiger partial charge in [-0.2, -0.15) is 0 Å². The molecule has 20 heavy (non-hydrogen) atoms. The summed E-state index contributed by atoms with van der Waals surface area (Å²) in [7, 11) is 0. The molecule has 1 unspecified atom stereocenters. The molecule has 108 valence electrons. The van der Waals surface area contributed by atoms with Crippen LogP contribution in [0.2, 0.25) is 0 Å². The molecule has 1 aliphatic heterocycles. The Balaban J connectivity index is 2.22. The first-order valence-corrected chi connectivity index (χ1v) is 7.62. The molecule has 2 rings (SSSR count). The van der Waals surface area contributed by atoms with Crippen LogP contribution in [0.4, 0.5) is 5.69 Å². The minimum absolute atomic E-state index is 0.0798. The zero-order chi connectivity index (χ0) is 14.5. The summed E-state index contributed by atoms with van der Waals surface area (Å²) in [4.78, 5) is 26.5. The third kappa shape index (κ3) is 2.92. The fourth-order valence-corrected chi connectivity index (χ4v) is 2.82. The van der Waals surface area contributed by atoms with Gasteiger partial charge in [-0.25, -0.2) is 0 Å². The van der Waals surface area contributed by atoms with Crippen molar-refractivity contribution in [2.75, 3.05) is 11.4 Å². The van der Waals surface area contributed by atoms with Crippen molar-refractivity contribution in [3.8, 4) is 0 Å². The van der Waals surface area contributed by atoms with E-state index in [4.69, 9.17) is 0 Å². The van der Waals surface area contributed by atoms with E-state index in [0.717, 1.165) is 31.4 Å². The first-order chi connectivity index (χ1) is 9.69. The van der Waals surface area contributed by atoms with Crippen molar-refractivity contribution in [2.45, 2.75) is 46.0 Å². The average molecular weight is 273 g/mol. The summed E-state index contributed by atoms with van der Waals surface area (Å²) in [6.07, 6.45) is 4.44. The Hall–Kier alpha value is -1.64. The standard InChI is InChI=1S/C17H23NO2/c1-3-5-8-13(4-2)17(20)18-12-11-16(19)14-9-6-7-10-15(14)18/h6-7,9-10,13H,3-5,8,11-12H2,1-2H3. The fraction of sp³-hybridized carbons (Fsp3) is 0.529. The molecule has 1 aromatic rings. The Bertz CT molecular complexity index is 496. The van der Waals surface area contributed by atoms with E-state index < -0.39 is 0 Å². The van der Waals surface area contributed by atoms with Crippen LogP contribution in [-0.2, 0) is 4.79 Å². The molecule has 0 N–H and O–H groups in total. The average Bonchev–Trinajstić information content (AvgIpc) is 2.48. The molecule has 0 saturated heterocycles. The van der Waals surface area contributed by atoms with E-state index >= 15 is 0 Å². The quantitative estimate of drug-likeness (QED) is 0.817. The summed E-state index contributed by atoms with van der Waals surface area (Å²) in [5, 5.41) is 0. The lowest BCUT2D eigenvalue weighted by Crippen LogP contribution is -2.41. The predicted molar refractivity (Wildman–Crippen MR) is 81.0 cm³/mol. The van der Waals surface area contributed by atoms with Gasteiger partial charge in [-0.3, -0.25) is 9.59 Å². The Morgan fingerprint density at radius 1 is 1.30 bits per heavy atom. The van der Waals surface area contributed by atoms with Crippen LogP contribution >= 0.6 is 0 Å². The number of anilines is 1. The lowest BCUT2D eigenvalue weighted by atomic mass is 9.94. The third-order valence-electron chi connectivity index (χ3n) is 4.07. The van der Waals surface area contributed by atoms with Crippen molar-refractivity contribution in [2.24, 2.45) is 5.92 Å². The molecule has 1 aliphatic rings. The van der Waals surface area contributed by atoms with Gasteiger partial charge in [0.05, 0.1) is 5.69 Å². The van der Waals surface area contributed by atoms with Gasteiger partial charge in [-0.1, -0.05) is 38.8 Å². The summed E-state index contributed by atoms with van der Waals surface area (Å²) in [6, 6.07) is 7.46. The summed E-state index contributed by atoms with van der Waals surface area (Å²) in [6.45, 7) is 4.74. The largest absolute Gasteiger partial charge is 0.311 e. The van der Waals surface area contributed by atoms with Crippen LogP contribution in [0, 0.1) is 5.92 Å². The number of Topliss-reactive ketones (excluding diaryl/α,β-unsaturated/α-hetero) is 1. The molecule has 1 atom stereocenters. The number of fused-ring (bicyclic) bond motifs is 1. The van der Waals surface area contributed by atoms with Gasteiger partial charge in [0.25, 0.3) is 0 Å². The molecule has 0 saturated carbocycles. The van der Waals surface area contributed by atoms with Gasteiger partial charge >= 0.3 is 0 Å². The maximum Gasteiger partial charge on any atom is 0.230 e. The van der Waals surface area contributed by atoms with Crippen molar-refractivity contribution < 1.29 is 9.59 Å². The van der Waals surface area contributed by atoms with Gasteiger partial charge in [0.15, 0.2) is 5.78 Å². The van der Waals surface area contributed by atoms with E-state index in [-0.39, 0.29) is 17.6 Å². The van der Waals surface area contributed by atoms with Gasteiger partial charge in [0.2, 0.25) is 5.91 Å². The highest BCUT2D eigenvalue weighted by atomic mass is 16.2. The number of rotatable bonds is 5. The fourth-order valence-electron chi connectivity index (χ4n) is 2.82. The number of hydrogen-bond acceptors (Lipinski definition) is 2. The second-order valence-electron chi connectivity index (χ2n) is 5.43. The molecule has 1 heterocycles. The smallest absolute Gasteiger partial charge is 0.230 e. The second kappa shape index (κ2) is 6.69. The number of benzene rings is 1. The Kier molecular flexibility index (Phi) is 4.94. The van der Waals surface area contributed by atoms with E-state index in [0.29, 0.717) is 18.5 Å². The zero-order valence-electron chi connectivity index (χ0n) is 12.4. The zero-order valence-corrected chi connectivity index (χ0v) is 12.4. The minimum atomic E-state index is 0.0798. The summed E-state index contributed by atoms with van der Waals surface area (Å²) >= 11 is 0. The van der Waals surface area contributed by atoms with Gasteiger partial charge in [-0.05, 0) is 25.0 Å². The summed E-state index contributed by atoms with van der Waals surface area (Å²) in [5.74, 6) is 0.406. The SMILES string of the molecule is CCCCC(CC)C(=O)N1CCC(=O)c2ccccc21. The highest BCUT2D eigenvalue weighted by Crippen LogP contribution is 2.29. The minimum Gasteiger partial charge on any atom is -0.311 e. The number of ketones is 1. The topological polar surface area (TPSA) is 37.4 Å². The number of carbonyl (C=O) groups excluding carboxylic acids is 2. The van der Waals surface area contributed by atoms with Gasteiger partial charge in [-0.15, -0.1) is 0 Å². The molecule has 0 spiro atoms. The molecule has 3 nitrogen and oxygen atoms in total. The van der Waals surface area contributed by atoms with E-state index in [1.807, 2.05) is 29.2 Å². The molecule has 3 heteroatoms.